The second-order valence-corrected chi connectivity index (χ2v) is 6.70. The van der Waals surface area contributed by atoms with Gasteiger partial charge in [0.25, 0.3) is 0 Å². The van der Waals surface area contributed by atoms with Crippen LogP contribution in [-0.4, -0.2) is 47.2 Å². The third-order valence-electron chi connectivity index (χ3n) is 5.56. The van der Waals surface area contributed by atoms with Gasteiger partial charge in [0.2, 0.25) is 17.7 Å². The minimum atomic E-state index is -0.193. The van der Waals surface area contributed by atoms with Crippen molar-refractivity contribution in [3.05, 3.63) is 12.2 Å². The average molecular weight is 288 g/mol. The first kappa shape index (κ1) is 13.0. The average Bonchev–Trinajstić information content (AvgIpc) is 3.18. The van der Waals surface area contributed by atoms with E-state index in [0.717, 1.165) is 38.8 Å². The van der Waals surface area contributed by atoms with Gasteiger partial charge in [-0.3, -0.25) is 19.3 Å². The molecule has 2 saturated heterocycles. The number of nitrogens with zero attached hydrogens (tertiary/aromatic N) is 2. The van der Waals surface area contributed by atoms with Crippen molar-refractivity contribution < 1.29 is 14.4 Å². The summed E-state index contributed by atoms with van der Waals surface area (Å²) in [5.74, 6) is -0.266. The van der Waals surface area contributed by atoms with Crippen molar-refractivity contribution in [2.75, 3.05) is 19.6 Å². The van der Waals surface area contributed by atoms with Crippen LogP contribution in [0.4, 0.5) is 0 Å². The fourth-order valence-corrected chi connectivity index (χ4v) is 4.50. The Hall–Kier alpha value is -1.65. The van der Waals surface area contributed by atoms with Crippen LogP contribution in [0.2, 0.25) is 0 Å². The molecular weight excluding hydrogens is 268 g/mol. The zero-order valence-corrected chi connectivity index (χ0v) is 12.0. The molecule has 0 radical (unpaired) electrons. The van der Waals surface area contributed by atoms with Gasteiger partial charge in [0.05, 0.1) is 11.8 Å². The Labute approximate surface area is 124 Å². The first-order valence-electron chi connectivity index (χ1n) is 7.98. The van der Waals surface area contributed by atoms with Crippen LogP contribution < -0.4 is 0 Å². The van der Waals surface area contributed by atoms with Crippen molar-refractivity contribution in [3.63, 3.8) is 0 Å². The summed E-state index contributed by atoms with van der Waals surface area (Å²) in [4.78, 5) is 40.4. The summed E-state index contributed by atoms with van der Waals surface area (Å²) in [7, 11) is 0. The second kappa shape index (κ2) is 4.68. The van der Waals surface area contributed by atoms with E-state index in [9.17, 15) is 14.4 Å². The molecule has 2 heterocycles. The molecule has 4 aliphatic rings. The van der Waals surface area contributed by atoms with Crippen LogP contribution >= 0.6 is 0 Å². The van der Waals surface area contributed by atoms with Crippen LogP contribution in [0.15, 0.2) is 12.2 Å². The standard InChI is InChI=1S/C16H20N2O3/c19-12(17-6-2-1-3-7-17)9-18-15(20)13-10-4-5-11(8-10)14(13)16(18)21/h4-5,10-11,13-14H,1-3,6-9H2/t10-,11-,13+,14+/m0/s1. The molecule has 0 unspecified atom stereocenters. The Kier molecular flexibility index (Phi) is 2.91. The van der Waals surface area contributed by atoms with E-state index in [2.05, 4.69) is 12.2 Å². The minimum absolute atomic E-state index is 0.0515. The van der Waals surface area contributed by atoms with Gasteiger partial charge in [0, 0.05) is 13.1 Å². The molecule has 0 N–H and O–H groups in total. The lowest BCUT2D eigenvalue weighted by atomic mass is 9.85. The minimum Gasteiger partial charge on any atom is -0.341 e. The Bertz CT molecular complexity index is 506. The van der Waals surface area contributed by atoms with Gasteiger partial charge < -0.3 is 4.90 Å². The first-order valence-corrected chi connectivity index (χ1v) is 7.98. The van der Waals surface area contributed by atoms with Crippen molar-refractivity contribution in [2.24, 2.45) is 23.7 Å². The fourth-order valence-electron chi connectivity index (χ4n) is 4.50. The van der Waals surface area contributed by atoms with Gasteiger partial charge in [-0.15, -0.1) is 0 Å². The van der Waals surface area contributed by atoms with Gasteiger partial charge in [-0.1, -0.05) is 12.2 Å². The third kappa shape index (κ3) is 1.86. The molecule has 1 saturated carbocycles. The smallest absolute Gasteiger partial charge is 0.242 e. The van der Waals surface area contributed by atoms with Crippen molar-refractivity contribution >= 4 is 17.7 Å². The first-order chi connectivity index (χ1) is 10.2. The van der Waals surface area contributed by atoms with Crippen LogP contribution in [0.5, 0.6) is 0 Å². The molecule has 5 heteroatoms. The molecule has 2 aliphatic heterocycles. The second-order valence-electron chi connectivity index (χ2n) is 6.70. The topological polar surface area (TPSA) is 57.7 Å². The van der Waals surface area contributed by atoms with Crippen LogP contribution in [-0.2, 0) is 14.4 Å². The normalized spacial score (nSPS) is 37.5. The van der Waals surface area contributed by atoms with Crippen molar-refractivity contribution in [2.45, 2.75) is 25.7 Å². The van der Waals surface area contributed by atoms with Crippen LogP contribution in [0.25, 0.3) is 0 Å². The number of rotatable bonds is 2. The number of amides is 3. The van der Waals surface area contributed by atoms with Gasteiger partial charge in [0.1, 0.15) is 6.54 Å². The number of likely N-dealkylation sites (tertiary alicyclic amines) is 2. The highest BCUT2D eigenvalue weighted by molar-refractivity contribution is 6.08. The van der Waals surface area contributed by atoms with E-state index in [-0.39, 0.29) is 47.9 Å². The molecule has 3 fully saturated rings. The van der Waals surface area contributed by atoms with Crippen molar-refractivity contribution in [1.82, 2.24) is 9.80 Å². The predicted molar refractivity (Wildman–Crippen MR) is 74.9 cm³/mol. The molecule has 4 rings (SSSR count). The summed E-state index contributed by atoms with van der Waals surface area (Å²) in [6, 6.07) is 0. The molecule has 2 bridgehead atoms. The van der Waals surface area contributed by atoms with E-state index in [1.807, 2.05) is 0 Å². The van der Waals surface area contributed by atoms with Crippen LogP contribution in [0.1, 0.15) is 25.7 Å². The summed E-state index contributed by atoms with van der Waals surface area (Å²) in [6.45, 7) is 1.47. The number of imide groups is 1. The molecule has 3 amide bonds. The SMILES string of the molecule is O=C(CN1C(=O)[C@H]2[C@H](C1=O)[C@H]1C=C[C@H]2C1)N1CCCCC1. The van der Waals surface area contributed by atoms with Crippen LogP contribution in [0.3, 0.4) is 0 Å². The van der Waals surface area contributed by atoms with Gasteiger partial charge in [-0.2, -0.15) is 0 Å². The van der Waals surface area contributed by atoms with Gasteiger partial charge in [-0.05, 0) is 37.5 Å². The zero-order valence-electron chi connectivity index (χ0n) is 12.0. The van der Waals surface area contributed by atoms with E-state index in [1.54, 1.807) is 4.90 Å². The molecule has 0 spiro atoms. The third-order valence-corrected chi connectivity index (χ3v) is 5.56. The lowest BCUT2D eigenvalue weighted by molar-refractivity contribution is -0.147. The fraction of sp³-hybridized carbons (Fsp3) is 0.688. The number of piperidine rings is 1. The Morgan fingerprint density at radius 2 is 1.57 bits per heavy atom. The van der Waals surface area contributed by atoms with Crippen LogP contribution in [0, 0.1) is 23.7 Å². The maximum atomic E-state index is 12.5. The van der Waals surface area contributed by atoms with Crippen molar-refractivity contribution in [3.8, 4) is 0 Å². The predicted octanol–water partition coefficient (Wildman–Crippen LogP) is 0.806. The molecule has 0 aromatic rings. The molecule has 0 aromatic carbocycles. The Morgan fingerprint density at radius 1 is 1.00 bits per heavy atom. The number of allylic oxidation sites excluding steroid dienone is 2. The van der Waals surface area contributed by atoms with Gasteiger partial charge >= 0.3 is 0 Å². The molecule has 21 heavy (non-hydrogen) atoms. The molecule has 4 atom stereocenters. The molecule has 112 valence electrons. The highest BCUT2D eigenvalue weighted by Gasteiger charge is 2.59. The van der Waals surface area contributed by atoms with E-state index in [1.165, 1.54) is 4.90 Å². The Morgan fingerprint density at radius 3 is 2.14 bits per heavy atom. The van der Waals surface area contributed by atoms with E-state index >= 15 is 0 Å². The largest absolute Gasteiger partial charge is 0.341 e. The molecule has 0 aromatic heterocycles. The summed E-state index contributed by atoms with van der Waals surface area (Å²) < 4.78 is 0. The summed E-state index contributed by atoms with van der Waals surface area (Å²) in [6.07, 6.45) is 8.28. The maximum Gasteiger partial charge on any atom is 0.242 e. The number of carbonyl (C=O) groups is 3. The summed E-state index contributed by atoms with van der Waals surface area (Å²) in [5, 5.41) is 0. The quantitative estimate of drug-likeness (QED) is 0.558. The zero-order chi connectivity index (χ0) is 14.6. The van der Waals surface area contributed by atoms with Crippen molar-refractivity contribution in [1.29, 1.82) is 0 Å². The number of hydrogen-bond donors (Lipinski definition) is 0. The summed E-state index contributed by atoms with van der Waals surface area (Å²) >= 11 is 0. The van der Waals surface area contributed by atoms with E-state index < -0.39 is 0 Å². The monoisotopic (exact) mass is 288 g/mol. The number of fused-ring (bicyclic) bond motifs is 5. The van der Waals surface area contributed by atoms with Gasteiger partial charge in [-0.25, -0.2) is 0 Å². The number of hydrogen-bond acceptors (Lipinski definition) is 3. The molecular formula is C16H20N2O3. The van der Waals surface area contributed by atoms with E-state index in [0.29, 0.717) is 0 Å². The molecule has 2 aliphatic carbocycles. The maximum absolute atomic E-state index is 12.5. The lowest BCUT2D eigenvalue weighted by Gasteiger charge is -2.28. The molecule has 5 nitrogen and oxygen atoms in total. The summed E-state index contributed by atoms with van der Waals surface area (Å²) in [5.41, 5.74) is 0. The van der Waals surface area contributed by atoms with Gasteiger partial charge in [0.15, 0.2) is 0 Å². The highest BCUT2D eigenvalue weighted by atomic mass is 16.2. The lowest BCUT2D eigenvalue weighted by Crippen LogP contribution is -2.45. The Balaban J connectivity index is 1.48. The van der Waals surface area contributed by atoms with E-state index in [4.69, 9.17) is 0 Å². The number of carbonyl (C=O) groups excluding carboxylic acids is 3. The highest BCUT2D eigenvalue weighted by Crippen LogP contribution is 2.52.